The van der Waals surface area contributed by atoms with Crippen LogP contribution in [0, 0.1) is 0 Å². The van der Waals surface area contributed by atoms with Gasteiger partial charge in [0.2, 0.25) is 5.88 Å². The number of hydrogen-bond acceptors (Lipinski definition) is 3. The van der Waals surface area contributed by atoms with Crippen LogP contribution in [0.3, 0.4) is 0 Å². The number of rotatable bonds is 4. The summed E-state index contributed by atoms with van der Waals surface area (Å²) in [6.07, 6.45) is 2.91. The summed E-state index contributed by atoms with van der Waals surface area (Å²) in [4.78, 5) is 11.0. The van der Waals surface area contributed by atoms with Crippen LogP contribution in [0.5, 0.6) is 0 Å². The Morgan fingerprint density at radius 3 is 3.15 bits per heavy atom. The summed E-state index contributed by atoms with van der Waals surface area (Å²) in [5.41, 5.74) is 0. The predicted molar refractivity (Wildman–Crippen MR) is 48.6 cm³/mol. The number of unbranched alkanes of at least 4 members (excludes halogenated alkanes) is 1. The molecule has 4 nitrogen and oxygen atoms in total. The highest BCUT2D eigenvalue weighted by molar-refractivity contribution is 5.82. The molecule has 1 amide bonds. The molecule has 0 unspecified atom stereocenters. The predicted octanol–water partition coefficient (Wildman–Crippen LogP) is 2.63. The molecule has 1 aromatic rings. The molecule has 72 valence electrons. The molecule has 13 heavy (non-hydrogen) atoms. The first-order valence-corrected chi connectivity index (χ1v) is 4.30. The van der Waals surface area contributed by atoms with Crippen molar-refractivity contribution in [1.29, 1.82) is 0 Å². The van der Waals surface area contributed by atoms with E-state index in [4.69, 9.17) is 9.15 Å². The van der Waals surface area contributed by atoms with Gasteiger partial charge in [0, 0.05) is 6.07 Å². The van der Waals surface area contributed by atoms with Crippen molar-refractivity contribution in [3.05, 3.63) is 18.4 Å². The van der Waals surface area contributed by atoms with E-state index in [1.807, 2.05) is 6.92 Å². The van der Waals surface area contributed by atoms with Gasteiger partial charge in [0.15, 0.2) is 0 Å². The highest BCUT2D eigenvalue weighted by Gasteiger charge is 2.03. The van der Waals surface area contributed by atoms with E-state index in [1.165, 1.54) is 6.26 Å². The first-order chi connectivity index (χ1) is 6.33. The van der Waals surface area contributed by atoms with E-state index in [0.29, 0.717) is 12.5 Å². The minimum Gasteiger partial charge on any atom is -0.449 e. The third kappa shape index (κ3) is 3.64. The number of carbonyl (C=O) groups excluding carboxylic acids is 1. The Labute approximate surface area is 76.9 Å². The molecule has 0 aliphatic carbocycles. The molecular formula is C9H13NO3. The van der Waals surface area contributed by atoms with E-state index in [2.05, 4.69) is 5.32 Å². The molecule has 0 spiro atoms. The second-order valence-corrected chi connectivity index (χ2v) is 2.59. The van der Waals surface area contributed by atoms with Crippen LogP contribution in [0.4, 0.5) is 10.7 Å². The number of carbonyl (C=O) groups is 1. The van der Waals surface area contributed by atoms with Crippen molar-refractivity contribution < 1.29 is 13.9 Å². The van der Waals surface area contributed by atoms with Gasteiger partial charge in [-0.2, -0.15) is 0 Å². The minimum atomic E-state index is -0.469. The minimum absolute atomic E-state index is 0.404. The summed E-state index contributed by atoms with van der Waals surface area (Å²) >= 11 is 0. The quantitative estimate of drug-likeness (QED) is 0.730. The summed E-state index contributed by atoms with van der Waals surface area (Å²) in [7, 11) is 0. The fourth-order valence-electron chi connectivity index (χ4n) is 0.796. The average molecular weight is 183 g/mol. The number of amides is 1. The molecule has 0 saturated carbocycles. The third-order valence-electron chi connectivity index (χ3n) is 1.48. The zero-order chi connectivity index (χ0) is 9.52. The third-order valence-corrected chi connectivity index (χ3v) is 1.48. The van der Waals surface area contributed by atoms with Gasteiger partial charge in [0.1, 0.15) is 0 Å². The first kappa shape index (κ1) is 9.64. The van der Waals surface area contributed by atoms with Crippen LogP contribution in [-0.4, -0.2) is 12.7 Å². The maximum absolute atomic E-state index is 11.0. The molecule has 1 heterocycles. The molecule has 0 radical (unpaired) electrons. The van der Waals surface area contributed by atoms with Gasteiger partial charge in [-0.3, -0.25) is 5.32 Å². The molecule has 4 heteroatoms. The van der Waals surface area contributed by atoms with Crippen LogP contribution in [-0.2, 0) is 4.74 Å². The highest BCUT2D eigenvalue weighted by Crippen LogP contribution is 2.06. The topological polar surface area (TPSA) is 51.5 Å². The van der Waals surface area contributed by atoms with E-state index in [1.54, 1.807) is 12.1 Å². The van der Waals surface area contributed by atoms with Gasteiger partial charge in [0.25, 0.3) is 0 Å². The number of anilines is 1. The van der Waals surface area contributed by atoms with Crippen molar-refractivity contribution in [2.24, 2.45) is 0 Å². The number of furan rings is 1. The molecule has 0 atom stereocenters. The van der Waals surface area contributed by atoms with Crippen LogP contribution in [0.15, 0.2) is 22.8 Å². The fourth-order valence-corrected chi connectivity index (χ4v) is 0.796. The second-order valence-electron chi connectivity index (χ2n) is 2.59. The average Bonchev–Trinajstić information content (AvgIpc) is 2.57. The van der Waals surface area contributed by atoms with Crippen LogP contribution in [0.1, 0.15) is 19.8 Å². The van der Waals surface area contributed by atoms with Gasteiger partial charge in [0.05, 0.1) is 12.9 Å². The molecule has 1 rings (SSSR count). The normalized spacial score (nSPS) is 9.62. The highest BCUT2D eigenvalue weighted by atomic mass is 16.5. The van der Waals surface area contributed by atoms with Crippen molar-refractivity contribution >= 4 is 12.0 Å². The lowest BCUT2D eigenvalue weighted by Crippen LogP contribution is -2.13. The summed E-state index contributed by atoms with van der Waals surface area (Å²) in [5, 5.41) is 2.45. The standard InChI is InChI=1S/C9H13NO3/c1-2-3-6-13-9(11)10-8-5-4-7-12-8/h4-5,7H,2-3,6H2,1H3,(H,10,11). The molecule has 0 saturated heterocycles. The Morgan fingerprint density at radius 1 is 1.69 bits per heavy atom. The fraction of sp³-hybridized carbons (Fsp3) is 0.444. The molecule has 0 aliphatic rings. The first-order valence-electron chi connectivity index (χ1n) is 4.30. The number of hydrogen-bond donors (Lipinski definition) is 1. The monoisotopic (exact) mass is 183 g/mol. The number of nitrogens with one attached hydrogen (secondary N) is 1. The van der Waals surface area contributed by atoms with Crippen molar-refractivity contribution in [2.45, 2.75) is 19.8 Å². The molecule has 0 fully saturated rings. The van der Waals surface area contributed by atoms with Gasteiger partial charge in [-0.15, -0.1) is 0 Å². The van der Waals surface area contributed by atoms with E-state index in [0.717, 1.165) is 12.8 Å². The van der Waals surface area contributed by atoms with Crippen molar-refractivity contribution in [2.75, 3.05) is 11.9 Å². The van der Waals surface area contributed by atoms with Crippen molar-refractivity contribution in [3.63, 3.8) is 0 Å². The van der Waals surface area contributed by atoms with Crippen LogP contribution >= 0.6 is 0 Å². The lowest BCUT2D eigenvalue weighted by molar-refractivity contribution is 0.159. The Balaban J connectivity index is 2.18. The molecule has 0 bridgehead atoms. The second kappa shape index (κ2) is 5.24. The van der Waals surface area contributed by atoms with E-state index >= 15 is 0 Å². The summed E-state index contributed by atoms with van der Waals surface area (Å²) in [6.45, 7) is 2.48. The number of ether oxygens (including phenoxy) is 1. The Hall–Kier alpha value is -1.45. The van der Waals surface area contributed by atoms with Gasteiger partial charge in [-0.1, -0.05) is 13.3 Å². The lowest BCUT2D eigenvalue weighted by atomic mass is 10.4. The van der Waals surface area contributed by atoms with E-state index in [-0.39, 0.29) is 0 Å². The van der Waals surface area contributed by atoms with E-state index < -0.39 is 6.09 Å². The Kier molecular flexibility index (Phi) is 3.88. The zero-order valence-electron chi connectivity index (χ0n) is 7.58. The SMILES string of the molecule is CCCCOC(=O)Nc1ccco1. The molecule has 0 aliphatic heterocycles. The zero-order valence-corrected chi connectivity index (χ0v) is 7.58. The summed E-state index contributed by atoms with van der Waals surface area (Å²) in [5.74, 6) is 0.404. The maximum Gasteiger partial charge on any atom is 0.413 e. The lowest BCUT2D eigenvalue weighted by Gasteiger charge is -2.02. The molecule has 1 aromatic heterocycles. The van der Waals surface area contributed by atoms with Gasteiger partial charge < -0.3 is 9.15 Å². The van der Waals surface area contributed by atoms with Gasteiger partial charge in [-0.25, -0.2) is 4.79 Å². The van der Waals surface area contributed by atoms with E-state index in [9.17, 15) is 4.79 Å². The Bertz CT molecular complexity index is 243. The summed E-state index contributed by atoms with van der Waals surface area (Å²) < 4.78 is 9.74. The van der Waals surface area contributed by atoms with Gasteiger partial charge in [-0.05, 0) is 12.5 Å². The van der Waals surface area contributed by atoms with Crippen molar-refractivity contribution in [3.8, 4) is 0 Å². The van der Waals surface area contributed by atoms with Gasteiger partial charge >= 0.3 is 6.09 Å². The van der Waals surface area contributed by atoms with Crippen LogP contribution < -0.4 is 5.32 Å². The maximum atomic E-state index is 11.0. The Morgan fingerprint density at radius 2 is 2.54 bits per heavy atom. The molecular weight excluding hydrogens is 170 g/mol. The van der Waals surface area contributed by atoms with Crippen LogP contribution in [0.25, 0.3) is 0 Å². The smallest absolute Gasteiger partial charge is 0.413 e. The van der Waals surface area contributed by atoms with Crippen LogP contribution in [0.2, 0.25) is 0 Å². The summed E-state index contributed by atoms with van der Waals surface area (Å²) in [6, 6.07) is 3.35. The largest absolute Gasteiger partial charge is 0.449 e. The molecule has 1 N–H and O–H groups in total. The molecule has 0 aromatic carbocycles. The van der Waals surface area contributed by atoms with Crippen molar-refractivity contribution in [1.82, 2.24) is 0 Å².